The first-order chi connectivity index (χ1) is 7.83. The Morgan fingerprint density at radius 2 is 2.31 bits per heavy atom. The third-order valence-electron chi connectivity index (χ3n) is 2.78. The summed E-state index contributed by atoms with van der Waals surface area (Å²) in [6.45, 7) is 1.54. The van der Waals surface area contributed by atoms with Gasteiger partial charge in [0.05, 0.1) is 6.10 Å². The monoisotopic (exact) mass is 220 g/mol. The first kappa shape index (κ1) is 9.46. The third-order valence-corrected chi connectivity index (χ3v) is 2.78. The highest BCUT2D eigenvalue weighted by molar-refractivity contribution is 5.44. The smallest absolute Gasteiger partial charge is 0.200 e. The summed E-state index contributed by atoms with van der Waals surface area (Å²) in [4.78, 5) is 2.05. The fourth-order valence-electron chi connectivity index (χ4n) is 1.97. The van der Waals surface area contributed by atoms with Gasteiger partial charge < -0.3 is 10.0 Å². The number of aliphatic hydroxyl groups excluding tert-OH is 1. The lowest BCUT2D eigenvalue weighted by Gasteiger charge is -2.30. The van der Waals surface area contributed by atoms with Crippen LogP contribution < -0.4 is 4.90 Å². The molecule has 7 nitrogen and oxygen atoms in total. The molecule has 2 aromatic rings. The molecule has 0 saturated carbocycles. The number of aliphatic hydroxyl groups is 1. The minimum atomic E-state index is -0.264. The van der Waals surface area contributed by atoms with Gasteiger partial charge in [0.15, 0.2) is 11.5 Å². The van der Waals surface area contributed by atoms with Gasteiger partial charge in [-0.15, -0.1) is 14.8 Å². The van der Waals surface area contributed by atoms with Gasteiger partial charge in [0.2, 0.25) is 0 Å². The summed E-state index contributed by atoms with van der Waals surface area (Å²) in [5, 5.41) is 25.0. The molecule has 0 radical (unpaired) electrons. The number of rotatable bonds is 1. The number of nitrogens with zero attached hydrogens (tertiary/aromatic N) is 6. The minimum Gasteiger partial charge on any atom is -0.391 e. The second-order valence-corrected chi connectivity index (χ2v) is 3.96. The standard InChI is InChI=1S/C9H12N6O/c16-7-2-1-5-14(6-7)9-4-3-8-10-12-13-15(8)11-9/h3-4,7,16H,1-2,5-6H2. The van der Waals surface area contributed by atoms with Crippen LogP contribution >= 0.6 is 0 Å². The van der Waals surface area contributed by atoms with Crippen LogP contribution in [0.25, 0.3) is 5.65 Å². The van der Waals surface area contributed by atoms with E-state index in [1.54, 1.807) is 0 Å². The number of anilines is 1. The van der Waals surface area contributed by atoms with Crippen molar-refractivity contribution in [2.75, 3.05) is 18.0 Å². The maximum Gasteiger partial charge on any atom is 0.200 e. The number of tetrazole rings is 1. The normalized spacial score (nSPS) is 21.6. The minimum absolute atomic E-state index is 0.264. The number of hydrogen-bond acceptors (Lipinski definition) is 6. The van der Waals surface area contributed by atoms with E-state index in [0.29, 0.717) is 12.2 Å². The number of aromatic nitrogens is 5. The van der Waals surface area contributed by atoms with Crippen molar-refractivity contribution in [2.24, 2.45) is 0 Å². The van der Waals surface area contributed by atoms with Crippen molar-refractivity contribution in [2.45, 2.75) is 18.9 Å². The van der Waals surface area contributed by atoms with Crippen LogP contribution in [0.1, 0.15) is 12.8 Å². The summed E-state index contributed by atoms with van der Waals surface area (Å²) < 4.78 is 1.40. The van der Waals surface area contributed by atoms with Crippen molar-refractivity contribution >= 4 is 11.5 Å². The van der Waals surface area contributed by atoms with Crippen LogP contribution in [-0.4, -0.2) is 49.6 Å². The lowest BCUT2D eigenvalue weighted by Crippen LogP contribution is -2.38. The van der Waals surface area contributed by atoms with E-state index in [9.17, 15) is 5.11 Å². The van der Waals surface area contributed by atoms with Gasteiger partial charge >= 0.3 is 0 Å². The van der Waals surface area contributed by atoms with Crippen LogP contribution in [0.5, 0.6) is 0 Å². The Bertz CT molecular complexity index is 497. The Labute approximate surface area is 91.7 Å². The second-order valence-electron chi connectivity index (χ2n) is 3.96. The van der Waals surface area contributed by atoms with E-state index in [0.717, 1.165) is 25.2 Å². The van der Waals surface area contributed by atoms with Gasteiger partial charge in [0.1, 0.15) is 0 Å². The maximum atomic E-state index is 9.60. The molecule has 2 aromatic heterocycles. The van der Waals surface area contributed by atoms with E-state index < -0.39 is 0 Å². The molecule has 1 aliphatic rings. The highest BCUT2D eigenvalue weighted by Crippen LogP contribution is 2.17. The Hall–Kier alpha value is -1.76. The SMILES string of the molecule is OC1CCCN(c2ccc3nnnn3n2)C1. The summed E-state index contributed by atoms with van der Waals surface area (Å²) in [6.07, 6.45) is 1.58. The third kappa shape index (κ3) is 1.58. The first-order valence-corrected chi connectivity index (χ1v) is 5.31. The maximum absolute atomic E-state index is 9.60. The summed E-state index contributed by atoms with van der Waals surface area (Å²) in [5.41, 5.74) is 0.626. The van der Waals surface area contributed by atoms with Crippen LogP contribution in [0.2, 0.25) is 0 Å². The van der Waals surface area contributed by atoms with E-state index in [2.05, 4.69) is 25.5 Å². The molecule has 1 aliphatic heterocycles. The molecule has 0 aromatic carbocycles. The fraction of sp³-hybridized carbons (Fsp3) is 0.556. The van der Waals surface area contributed by atoms with Gasteiger partial charge in [0, 0.05) is 13.1 Å². The molecular formula is C9H12N6O. The second kappa shape index (κ2) is 3.67. The van der Waals surface area contributed by atoms with E-state index in [-0.39, 0.29) is 6.10 Å². The molecule has 0 amide bonds. The van der Waals surface area contributed by atoms with Crippen molar-refractivity contribution < 1.29 is 5.11 Å². The summed E-state index contributed by atoms with van der Waals surface area (Å²) >= 11 is 0. The predicted molar refractivity (Wildman–Crippen MR) is 56.0 cm³/mol. The molecule has 0 spiro atoms. The van der Waals surface area contributed by atoms with Crippen molar-refractivity contribution in [1.82, 2.24) is 25.3 Å². The van der Waals surface area contributed by atoms with Gasteiger partial charge in [-0.2, -0.15) is 0 Å². The van der Waals surface area contributed by atoms with Crippen LogP contribution in [0.3, 0.4) is 0 Å². The van der Waals surface area contributed by atoms with E-state index in [1.165, 1.54) is 4.63 Å². The van der Waals surface area contributed by atoms with Crippen molar-refractivity contribution in [3.05, 3.63) is 12.1 Å². The Morgan fingerprint density at radius 1 is 1.38 bits per heavy atom. The first-order valence-electron chi connectivity index (χ1n) is 5.31. The number of piperidine rings is 1. The van der Waals surface area contributed by atoms with Gasteiger partial charge in [0.25, 0.3) is 0 Å². The van der Waals surface area contributed by atoms with Gasteiger partial charge in [-0.05, 0) is 35.4 Å². The Kier molecular flexibility index (Phi) is 2.17. The molecule has 0 bridgehead atoms. The molecule has 0 aliphatic carbocycles. The van der Waals surface area contributed by atoms with Gasteiger partial charge in [-0.1, -0.05) is 0 Å². The lowest BCUT2D eigenvalue weighted by molar-refractivity contribution is 0.153. The Balaban J connectivity index is 1.92. The van der Waals surface area contributed by atoms with Crippen LogP contribution in [-0.2, 0) is 0 Å². The average Bonchev–Trinajstić information content (AvgIpc) is 2.75. The van der Waals surface area contributed by atoms with Crippen molar-refractivity contribution in [3.63, 3.8) is 0 Å². The van der Waals surface area contributed by atoms with Gasteiger partial charge in [-0.3, -0.25) is 0 Å². The molecule has 1 atom stereocenters. The van der Waals surface area contributed by atoms with Crippen LogP contribution in [0, 0.1) is 0 Å². The van der Waals surface area contributed by atoms with Gasteiger partial charge in [-0.25, -0.2) is 0 Å². The zero-order valence-electron chi connectivity index (χ0n) is 8.69. The van der Waals surface area contributed by atoms with Crippen LogP contribution in [0.4, 0.5) is 5.82 Å². The molecular weight excluding hydrogens is 208 g/mol. The zero-order chi connectivity index (χ0) is 11.0. The molecule has 1 N–H and O–H groups in total. The van der Waals surface area contributed by atoms with Crippen LogP contribution in [0.15, 0.2) is 12.1 Å². The van der Waals surface area contributed by atoms with Crippen molar-refractivity contribution in [3.8, 4) is 0 Å². The number of hydrogen-bond donors (Lipinski definition) is 1. The highest BCUT2D eigenvalue weighted by atomic mass is 16.3. The van der Waals surface area contributed by atoms with E-state index in [4.69, 9.17) is 0 Å². The van der Waals surface area contributed by atoms with E-state index >= 15 is 0 Å². The molecule has 1 fully saturated rings. The summed E-state index contributed by atoms with van der Waals surface area (Å²) in [5.74, 6) is 0.804. The molecule has 7 heteroatoms. The molecule has 1 unspecified atom stereocenters. The molecule has 3 rings (SSSR count). The van der Waals surface area contributed by atoms with Crippen molar-refractivity contribution in [1.29, 1.82) is 0 Å². The number of fused-ring (bicyclic) bond motifs is 1. The summed E-state index contributed by atoms with van der Waals surface area (Å²) in [7, 11) is 0. The molecule has 3 heterocycles. The van der Waals surface area contributed by atoms with E-state index in [1.807, 2.05) is 12.1 Å². The number of β-amino-alcohol motifs (C(OH)–C–C–N with tert-alkyl or cyclic N) is 1. The largest absolute Gasteiger partial charge is 0.391 e. The topological polar surface area (TPSA) is 79.4 Å². The zero-order valence-corrected chi connectivity index (χ0v) is 8.69. The summed E-state index contributed by atoms with van der Waals surface area (Å²) in [6, 6.07) is 3.70. The highest BCUT2D eigenvalue weighted by Gasteiger charge is 2.19. The molecule has 1 saturated heterocycles. The predicted octanol–water partition coefficient (Wildman–Crippen LogP) is -0.520. The molecule has 84 valence electrons. The quantitative estimate of drug-likeness (QED) is 0.696. The fourth-order valence-corrected chi connectivity index (χ4v) is 1.97. The lowest BCUT2D eigenvalue weighted by atomic mass is 10.1. The molecule has 16 heavy (non-hydrogen) atoms. The Morgan fingerprint density at radius 3 is 3.19 bits per heavy atom. The average molecular weight is 220 g/mol.